The molecule has 3 heteroatoms. The Balaban J connectivity index is 1.93. The molecule has 3 rings (SSSR count). The Morgan fingerprint density at radius 1 is 1.00 bits per heavy atom. The fourth-order valence-electron chi connectivity index (χ4n) is 2.09. The van der Waals surface area contributed by atoms with Crippen molar-refractivity contribution in [2.45, 2.75) is 0 Å². The first kappa shape index (κ1) is 13.8. The molecule has 0 saturated heterocycles. The van der Waals surface area contributed by atoms with Crippen LogP contribution < -0.4 is 0 Å². The Morgan fingerprint density at radius 2 is 1.86 bits per heavy atom. The van der Waals surface area contributed by atoms with Crippen LogP contribution in [0.2, 0.25) is 0 Å². The second-order valence-corrected chi connectivity index (χ2v) is 5.89. The molecule has 2 nitrogen and oxygen atoms in total. The number of pyridine rings is 1. The van der Waals surface area contributed by atoms with Crippen molar-refractivity contribution in [2.75, 3.05) is 0 Å². The van der Waals surface area contributed by atoms with Gasteiger partial charge in [-0.15, -0.1) is 0 Å². The first-order valence-electron chi connectivity index (χ1n) is 6.49. The third-order valence-electron chi connectivity index (χ3n) is 3.14. The first-order valence-corrected chi connectivity index (χ1v) is 7.57. The Morgan fingerprint density at radius 3 is 2.71 bits per heavy atom. The minimum Gasteiger partial charge on any atom is -0.248 e. The van der Waals surface area contributed by atoms with E-state index in [1.54, 1.807) is 6.07 Å². The number of benzene rings is 2. The summed E-state index contributed by atoms with van der Waals surface area (Å²) in [6.45, 7) is 0. The quantitative estimate of drug-likeness (QED) is 0.593. The van der Waals surface area contributed by atoms with Gasteiger partial charge >= 0.3 is 0 Å². The molecule has 0 aliphatic carbocycles. The summed E-state index contributed by atoms with van der Waals surface area (Å²) < 4.78 is 1.18. The average molecular weight is 382 g/mol. The topological polar surface area (TPSA) is 36.7 Å². The van der Waals surface area contributed by atoms with E-state index in [4.69, 9.17) is 5.26 Å². The molecule has 0 saturated carbocycles. The van der Waals surface area contributed by atoms with E-state index < -0.39 is 0 Å². The maximum Gasteiger partial charge on any atom is 0.0991 e. The molecule has 0 unspecified atom stereocenters. The Kier molecular flexibility index (Phi) is 3.98. The molecule has 0 atom stereocenters. The van der Waals surface area contributed by atoms with Crippen LogP contribution in [0.1, 0.15) is 16.8 Å². The summed E-state index contributed by atoms with van der Waals surface area (Å²) in [6, 6.07) is 20.0. The van der Waals surface area contributed by atoms with E-state index in [9.17, 15) is 0 Å². The highest BCUT2D eigenvalue weighted by molar-refractivity contribution is 14.1. The molecule has 0 aliphatic rings. The van der Waals surface area contributed by atoms with Crippen molar-refractivity contribution in [3.63, 3.8) is 0 Å². The van der Waals surface area contributed by atoms with E-state index in [1.807, 2.05) is 36.4 Å². The van der Waals surface area contributed by atoms with Gasteiger partial charge in [0.05, 0.1) is 22.8 Å². The standard InChI is InChI=1S/C18H11IN2/c19-16-7-5-15-6-9-17(21-18(15)11-16)8-4-13-2-1-3-14(10-13)12-20/h1-11H/b8-4+. The molecule has 0 spiro atoms. The van der Waals surface area contributed by atoms with Crippen molar-refractivity contribution >= 4 is 45.6 Å². The van der Waals surface area contributed by atoms with Crippen LogP contribution in [0.25, 0.3) is 23.1 Å². The molecule has 3 aromatic rings. The molecule has 0 aliphatic heterocycles. The van der Waals surface area contributed by atoms with E-state index in [0.29, 0.717) is 5.56 Å². The number of aromatic nitrogens is 1. The molecular formula is C18H11IN2. The predicted molar refractivity (Wildman–Crippen MR) is 94.5 cm³/mol. The second-order valence-electron chi connectivity index (χ2n) is 4.64. The summed E-state index contributed by atoms with van der Waals surface area (Å²) in [6.07, 6.45) is 3.94. The lowest BCUT2D eigenvalue weighted by Crippen LogP contribution is -1.84. The first-order chi connectivity index (χ1) is 10.2. The molecule has 0 amide bonds. The van der Waals surface area contributed by atoms with Crippen molar-refractivity contribution in [3.8, 4) is 6.07 Å². The average Bonchev–Trinajstić information content (AvgIpc) is 2.52. The number of fused-ring (bicyclic) bond motifs is 1. The fourth-order valence-corrected chi connectivity index (χ4v) is 2.57. The van der Waals surface area contributed by atoms with Gasteiger partial charge in [-0.2, -0.15) is 5.26 Å². The van der Waals surface area contributed by atoms with Crippen LogP contribution in [0.15, 0.2) is 54.6 Å². The lowest BCUT2D eigenvalue weighted by Gasteiger charge is -2.00. The number of nitriles is 1. The van der Waals surface area contributed by atoms with E-state index in [0.717, 1.165) is 22.2 Å². The van der Waals surface area contributed by atoms with Crippen molar-refractivity contribution in [1.82, 2.24) is 4.98 Å². The summed E-state index contributed by atoms with van der Waals surface area (Å²) in [7, 11) is 0. The van der Waals surface area contributed by atoms with Gasteiger partial charge in [0, 0.05) is 8.96 Å². The monoisotopic (exact) mass is 382 g/mol. The van der Waals surface area contributed by atoms with Gasteiger partial charge in [-0.25, -0.2) is 4.98 Å². The zero-order valence-electron chi connectivity index (χ0n) is 11.1. The molecule has 0 N–H and O–H groups in total. The highest BCUT2D eigenvalue weighted by Crippen LogP contribution is 2.17. The molecule has 100 valence electrons. The number of rotatable bonds is 2. The van der Waals surface area contributed by atoms with Crippen molar-refractivity contribution < 1.29 is 0 Å². The van der Waals surface area contributed by atoms with Crippen LogP contribution in [0, 0.1) is 14.9 Å². The third kappa shape index (κ3) is 3.29. The van der Waals surface area contributed by atoms with E-state index in [1.165, 1.54) is 3.57 Å². The van der Waals surface area contributed by atoms with Crippen LogP contribution in [-0.4, -0.2) is 4.98 Å². The van der Waals surface area contributed by atoms with Gasteiger partial charge < -0.3 is 0 Å². The molecule has 2 aromatic carbocycles. The van der Waals surface area contributed by atoms with Crippen LogP contribution in [0.5, 0.6) is 0 Å². The van der Waals surface area contributed by atoms with Gasteiger partial charge in [0.2, 0.25) is 0 Å². The van der Waals surface area contributed by atoms with Gasteiger partial charge in [-0.3, -0.25) is 0 Å². The maximum atomic E-state index is 8.90. The van der Waals surface area contributed by atoms with E-state index in [-0.39, 0.29) is 0 Å². The Labute approximate surface area is 136 Å². The molecule has 0 bridgehead atoms. The second kappa shape index (κ2) is 6.06. The SMILES string of the molecule is N#Cc1cccc(/C=C/c2ccc3ccc(I)cc3n2)c1. The summed E-state index contributed by atoms with van der Waals surface area (Å²) in [5, 5.41) is 10.0. The predicted octanol–water partition coefficient (Wildman–Crippen LogP) is 4.88. The highest BCUT2D eigenvalue weighted by Gasteiger charge is 1.97. The molecule has 21 heavy (non-hydrogen) atoms. The van der Waals surface area contributed by atoms with Crippen molar-refractivity contribution in [1.29, 1.82) is 5.26 Å². The molecule has 1 heterocycles. The van der Waals surface area contributed by atoms with Gasteiger partial charge in [-0.1, -0.05) is 30.3 Å². The van der Waals surface area contributed by atoms with Crippen molar-refractivity contribution in [3.05, 3.63) is 75.0 Å². The zero-order valence-corrected chi connectivity index (χ0v) is 13.3. The number of halogens is 1. The number of hydrogen-bond acceptors (Lipinski definition) is 2. The lowest BCUT2D eigenvalue weighted by molar-refractivity contribution is 1.37. The summed E-state index contributed by atoms with van der Waals surface area (Å²) in [4.78, 5) is 4.64. The Bertz CT molecular complexity index is 876. The summed E-state index contributed by atoms with van der Waals surface area (Å²) in [5.41, 5.74) is 3.57. The van der Waals surface area contributed by atoms with Gasteiger partial charge in [0.15, 0.2) is 0 Å². The third-order valence-corrected chi connectivity index (χ3v) is 3.81. The lowest BCUT2D eigenvalue weighted by atomic mass is 10.1. The van der Waals surface area contributed by atoms with E-state index in [2.05, 4.69) is 57.9 Å². The van der Waals surface area contributed by atoms with Crippen molar-refractivity contribution in [2.24, 2.45) is 0 Å². The normalized spacial score (nSPS) is 10.9. The zero-order chi connectivity index (χ0) is 14.7. The smallest absolute Gasteiger partial charge is 0.0991 e. The summed E-state index contributed by atoms with van der Waals surface area (Å²) in [5.74, 6) is 0. The van der Waals surface area contributed by atoms with E-state index >= 15 is 0 Å². The van der Waals surface area contributed by atoms with Gasteiger partial charge in [-0.05, 0) is 64.6 Å². The van der Waals surface area contributed by atoms with Crippen LogP contribution in [0.4, 0.5) is 0 Å². The molecule has 1 aromatic heterocycles. The minimum atomic E-state index is 0.665. The number of hydrogen-bond donors (Lipinski definition) is 0. The highest BCUT2D eigenvalue weighted by atomic mass is 127. The fraction of sp³-hybridized carbons (Fsp3) is 0. The molecule has 0 fully saturated rings. The largest absolute Gasteiger partial charge is 0.248 e. The summed E-state index contributed by atoms with van der Waals surface area (Å²) >= 11 is 2.29. The van der Waals surface area contributed by atoms with Crippen LogP contribution >= 0.6 is 22.6 Å². The molecule has 0 radical (unpaired) electrons. The van der Waals surface area contributed by atoms with Gasteiger partial charge in [0.25, 0.3) is 0 Å². The van der Waals surface area contributed by atoms with Crippen LogP contribution in [0.3, 0.4) is 0 Å². The molecular weight excluding hydrogens is 371 g/mol. The Hall–Kier alpha value is -2.19. The number of nitrogens with zero attached hydrogens (tertiary/aromatic N) is 2. The maximum absolute atomic E-state index is 8.90. The van der Waals surface area contributed by atoms with Gasteiger partial charge in [0.1, 0.15) is 0 Å². The van der Waals surface area contributed by atoms with Crippen LogP contribution in [-0.2, 0) is 0 Å². The minimum absolute atomic E-state index is 0.665.